The first-order chi connectivity index (χ1) is 9.93. The van der Waals surface area contributed by atoms with Gasteiger partial charge in [-0.15, -0.1) is 0 Å². The number of imidazole rings is 1. The van der Waals surface area contributed by atoms with Crippen molar-refractivity contribution in [3.63, 3.8) is 0 Å². The Balaban J connectivity index is 1.46. The first-order valence-corrected chi connectivity index (χ1v) is 6.93. The van der Waals surface area contributed by atoms with Crippen LogP contribution in [0.3, 0.4) is 0 Å². The van der Waals surface area contributed by atoms with E-state index >= 15 is 0 Å². The molecule has 20 heavy (non-hydrogen) atoms. The minimum absolute atomic E-state index is 0.874. The van der Waals surface area contributed by atoms with Gasteiger partial charge in [0, 0.05) is 25.5 Å². The number of hydrogen-bond donors (Lipinski definition) is 1. The summed E-state index contributed by atoms with van der Waals surface area (Å²) in [5.74, 6) is 0. The van der Waals surface area contributed by atoms with Gasteiger partial charge in [0.1, 0.15) is 0 Å². The standard InChI is InChI=1S/C16H18N4/c1-2-7-16-15(6-1)19-13-20(16)10-4-9-18-12-14-5-3-8-17-11-14/h1-3,5-8,11,13,18H,4,9-10,12H2. The lowest BCUT2D eigenvalue weighted by molar-refractivity contribution is 0.588. The van der Waals surface area contributed by atoms with Gasteiger partial charge >= 0.3 is 0 Å². The van der Waals surface area contributed by atoms with Gasteiger partial charge in [-0.2, -0.15) is 0 Å². The maximum Gasteiger partial charge on any atom is 0.0958 e. The number of nitrogens with zero attached hydrogens (tertiary/aromatic N) is 3. The van der Waals surface area contributed by atoms with E-state index in [1.54, 1.807) is 6.20 Å². The van der Waals surface area contributed by atoms with Crippen LogP contribution in [0.2, 0.25) is 0 Å². The number of rotatable bonds is 6. The number of hydrogen-bond acceptors (Lipinski definition) is 3. The van der Waals surface area contributed by atoms with Crippen molar-refractivity contribution in [1.82, 2.24) is 19.9 Å². The van der Waals surface area contributed by atoms with Gasteiger partial charge in [0.2, 0.25) is 0 Å². The molecule has 0 bridgehead atoms. The zero-order valence-electron chi connectivity index (χ0n) is 11.4. The monoisotopic (exact) mass is 266 g/mol. The number of benzene rings is 1. The largest absolute Gasteiger partial charge is 0.331 e. The SMILES string of the molecule is c1cncc(CNCCCn2cnc3ccccc32)c1. The molecule has 0 aliphatic rings. The van der Waals surface area contributed by atoms with Crippen molar-refractivity contribution in [2.45, 2.75) is 19.5 Å². The summed E-state index contributed by atoms with van der Waals surface area (Å²) in [6.07, 6.45) is 6.70. The smallest absolute Gasteiger partial charge is 0.0958 e. The van der Waals surface area contributed by atoms with Gasteiger partial charge in [-0.05, 0) is 36.7 Å². The van der Waals surface area contributed by atoms with Gasteiger partial charge in [-0.3, -0.25) is 4.98 Å². The molecule has 0 aliphatic carbocycles. The minimum atomic E-state index is 0.874. The summed E-state index contributed by atoms with van der Waals surface area (Å²) >= 11 is 0. The van der Waals surface area contributed by atoms with Crippen molar-refractivity contribution >= 4 is 11.0 Å². The summed E-state index contributed by atoms with van der Waals surface area (Å²) in [6.45, 7) is 2.85. The predicted octanol–water partition coefficient (Wildman–Crippen LogP) is 2.61. The Morgan fingerprint density at radius 1 is 1.10 bits per heavy atom. The first-order valence-electron chi connectivity index (χ1n) is 6.93. The highest BCUT2D eigenvalue weighted by atomic mass is 15.0. The molecule has 2 heterocycles. The van der Waals surface area contributed by atoms with E-state index in [2.05, 4.69) is 38.1 Å². The molecule has 2 aromatic heterocycles. The van der Waals surface area contributed by atoms with E-state index in [1.807, 2.05) is 30.7 Å². The van der Waals surface area contributed by atoms with E-state index in [1.165, 1.54) is 11.1 Å². The molecular weight excluding hydrogens is 248 g/mol. The molecule has 0 atom stereocenters. The van der Waals surface area contributed by atoms with Crippen LogP contribution in [0.15, 0.2) is 55.1 Å². The maximum atomic E-state index is 4.40. The molecule has 0 radical (unpaired) electrons. The molecule has 3 rings (SSSR count). The van der Waals surface area contributed by atoms with Crippen molar-refractivity contribution in [2.75, 3.05) is 6.54 Å². The topological polar surface area (TPSA) is 42.7 Å². The summed E-state index contributed by atoms with van der Waals surface area (Å²) < 4.78 is 2.21. The zero-order chi connectivity index (χ0) is 13.6. The molecule has 1 aromatic carbocycles. The summed E-state index contributed by atoms with van der Waals surface area (Å²) in [5, 5.41) is 3.44. The van der Waals surface area contributed by atoms with Crippen LogP contribution >= 0.6 is 0 Å². The third kappa shape index (κ3) is 3.03. The van der Waals surface area contributed by atoms with Gasteiger partial charge in [0.25, 0.3) is 0 Å². The molecule has 0 spiro atoms. The second kappa shape index (κ2) is 6.30. The molecule has 0 saturated heterocycles. The Labute approximate surface area is 118 Å². The van der Waals surface area contributed by atoms with Crippen LogP contribution in [0.5, 0.6) is 0 Å². The number of nitrogens with one attached hydrogen (secondary N) is 1. The van der Waals surface area contributed by atoms with Crippen molar-refractivity contribution in [1.29, 1.82) is 0 Å². The lowest BCUT2D eigenvalue weighted by Crippen LogP contribution is -2.16. The Bertz CT molecular complexity index is 660. The van der Waals surface area contributed by atoms with Crippen molar-refractivity contribution in [3.05, 3.63) is 60.7 Å². The summed E-state index contributed by atoms with van der Waals surface area (Å²) in [6, 6.07) is 12.3. The fourth-order valence-corrected chi connectivity index (χ4v) is 2.30. The van der Waals surface area contributed by atoms with E-state index in [-0.39, 0.29) is 0 Å². The second-order valence-corrected chi connectivity index (χ2v) is 4.82. The maximum absolute atomic E-state index is 4.40. The van der Waals surface area contributed by atoms with Crippen LogP contribution in [0.1, 0.15) is 12.0 Å². The number of fused-ring (bicyclic) bond motifs is 1. The van der Waals surface area contributed by atoms with Gasteiger partial charge < -0.3 is 9.88 Å². The average Bonchev–Trinajstić information content (AvgIpc) is 2.91. The Kier molecular flexibility index (Phi) is 4.04. The lowest BCUT2D eigenvalue weighted by Gasteiger charge is -2.06. The number of para-hydroxylation sites is 2. The molecule has 3 aromatic rings. The molecule has 4 nitrogen and oxygen atoms in total. The third-order valence-corrected chi connectivity index (χ3v) is 3.33. The Morgan fingerprint density at radius 2 is 2.05 bits per heavy atom. The van der Waals surface area contributed by atoms with Gasteiger partial charge in [-0.1, -0.05) is 18.2 Å². The predicted molar refractivity (Wildman–Crippen MR) is 80.3 cm³/mol. The lowest BCUT2D eigenvalue weighted by atomic mass is 10.3. The zero-order valence-corrected chi connectivity index (χ0v) is 11.4. The number of aryl methyl sites for hydroxylation is 1. The highest BCUT2D eigenvalue weighted by Crippen LogP contribution is 2.11. The van der Waals surface area contributed by atoms with Gasteiger partial charge in [-0.25, -0.2) is 4.98 Å². The molecule has 0 unspecified atom stereocenters. The van der Waals surface area contributed by atoms with Crippen molar-refractivity contribution < 1.29 is 0 Å². The quantitative estimate of drug-likeness (QED) is 0.697. The summed E-state index contributed by atoms with van der Waals surface area (Å²) in [7, 11) is 0. The molecule has 0 fully saturated rings. The van der Waals surface area contributed by atoms with E-state index in [4.69, 9.17) is 0 Å². The molecule has 0 aliphatic heterocycles. The third-order valence-electron chi connectivity index (χ3n) is 3.33. The average molecular weight is 266 g/mol. The van der Waals surface area contributed by atoms with E-state index in [9.17, 15) is 0 Å². The van der Waals surface area contributed by atoms with E-state index in [0.29, 0.717) is 0 Å². The normalized spacial score (nSPS) is 11.0. The molecular formula is C16H18N4. The van der Waals surface area contributed by atoms with Crippen LogP contribution < -0.4 is 5.32 Å². The molecule has 4 heteroatoms. The van der Waals surface area contributed by atoms with Crippen molar-refractivity contribution in [2.24, 2.45) is 0 Å². The number of aromatic nitrogens is 3. The van der Waals surface area contributed by atoms with Crippen molar-refractivity contribution in [3.8, 4) is 0 Å². The Morgan fingerprint density at radius 3 is 2.95 bits per heavy atom. The van der Waals surface area contributed by atoms with Crippen LogP contribution in [-0.4, -0.2) is 21.1 Å². The van der Waals surface area contributed by atoms with Gasteiger partial charge in [0.05, 0.1) is 17.4 Å². The second-order valence-electron chi connectivity index (χ2n) is 4.82. The van der Waals surface area contributed by atoms with Gasteiger partial charge in [0.15, 0.2) is 0 Å². The van der Waals surface area contributed by atoms with E-state index < -0.39 is 0 Å². The highest BCUT2D eigenvalue weighted by molar-refractivity contribution is 5.74. The molecule has 102 valence electrons. The van der Waals surface area contributed by atoms with Crippen LogP contribution in [-0.2, 0) is 13.1 Å². The van der Waals surface area contributed by atoms with Crippen LogP contribution in [0.4, 0.5) is 0 Å². The fraction of sp³-hybridized carbons (Fsp3) is 0.250. The number of pyridine rings is 1. The van der Waals surface area contributed by atoms with E-state index in [0.717, 1.165) is 31.6 Å². The first kappa shape index (κ1) is 12.8. The summed E-state index contributed by atoms with van der Waals surface area (Å²) in [5.41, 5.74) is 3.50. The minimum Gasteiger partial charge on any atom is -0.331 e. The molecule has 0 amide bonds. The molecule has 0 saturated carbocycles. The highest BCUT2D eigenvalue weighted by Gasteiger charge is 2.00. The van der Waals surface area contributed by atoms with Crippen LogP contribution in [0, 0.1) is 0 Å². The molecule has 1 N–H and O–H groups in total. The summed E-state index contributed by atoms with van der Waals surface area (Å²) in [4.78, 5) is 8.51. The fourth-order valence-electron chi connectivity index (χ4n) is 2.30. The Hall–Kier alpha value is -2.20. The van der Waals surface area contributed by atoms with Crippen LogP contribution in [0.25, 0.3) is 11.0 Å².